The predicted molar refractivity (Wildman–Crippen MR) is 115 cm³/mol. The van der Waals surface area contributed by atoms with Crippen LogP contribution in [0.4, 0.5) is 13.2 Å². The maximum atomic E-state index is 12.9. The van der Waals surface area contributed by atoms with Crippen molar-refractivity contribution in [2.24, 2.45) is 10.9 Å². The van der Waals surface area contributed by atoms with E-state index in [1.54, 1.807) is 0 Å². The molecule has 1 saturated heterocycles. The summed E-state index contributed by atoms with van der Waals surface area (Å²) in [4.78, 5) is 4.65. The van der Waals surface area contributed by atoms with Crippen molar-refractivity contribution in [2.45, 2.75) is 76.9 Å². The number of benzene rings is 1. The molecule has 2 fully saturated rings. The fraction of sp³-hybridized carbons (Fsp3) is 0.696. The van der Waals surface area contributed by atoms with E-state index in [1.165, 1.54) is 0 Å². The van der Waals surface area contributed by atoms with Crippen LogP contribution in [0, 0.1) is 5.92 Å². The number of guanidine groups is 1. The molecule has 174 valence electrons. The summed E-state index contributed by atoms with van der Waals surface area (Å²) in [6.07, 6.45) is -0.581. The lowest BCUT2D eigenvalue weighted by atomic mass is 9.85. The summed E-state index contributed by atoms with van der Waals surface area (Å²) in [5.41, 5.74) is 2.19. The summed E-state index contributed by atoms with van der Waals surface area (Å²) in [7, 11) is 0. The lowest BCUT2D eigenvalue weighted by Gasteiger charge is -2.31. The van der Waals surface area contributed by atoms with E-state index in [1.807, 2.05) is 19.1 Å². The molecule has 2 aliphatic rings. The number of hydrogen-bond donors (Lipinski definition) is 2. The van der Waals surface area contributed by atoms with Crippen molar-refractivity contribution in [2.75, 3.05) is 19.8 Å². The van der Waals surface area contributed by atoms with Crippen LogP contribution in [0.1, 0.15) is 56.6 Å². The quantitative estimate of drug-likeness (QED) is 0.481. The van der Waals surface area contributed by atoms with E-state index in [4.69, 9.17) is 9.47 Å². The van der Waals surface area contributed by atoms with Crippen molar-refractivity contribution in [3.05, 3.63) is 35.4 Å². The van der Waals surface area contributed by atoms with Crippen molar-refractivity contribution < 1.29 is 22.6 Å². The summed E-state index contributed by atoms with van der Waals surface area (Å²) in [5.74, 6) is -0.516. The van der Waals surface area contributed by atoms with Gasteiger partial charge in [0.05, 0.1) is 25.2 Å². The van der Waals surface area contributed by atoms with Crippen molar-refractivity contribution in [3.8, 4) is 0 Å². The van der Waals surface area contributed by atoms with Gasteiger partial charge >= 0.3 is 6.18 Å². The molecule has 0 aromatic heterocycles. The molecule has 3 rings (SSSR count). The zero-order valence-corrected chi connectivity index (χ0v) is 18.2. The number of aliphatic imine (C=N–C) groups is 1. The molecule has 1 aliphatic carbocycles. The van der Waals surface area contributed by atoms with Gasteiger partial charge in [-0.3, -0.25) is 0 Å². The standard InChI is InChI=1S/C23H34F3N3O2/c1-2-27-22(29-20-8-6-19(7-9-20)23(24,25)26)28-15-17-4-3-5-18(14-17)16-31-21-10-12-30-13-11-21/h3-5,14,19-21H,2,6-13,15-16H2,1H3,(H2,27,28,29). The highest BCUT2D eigenvalue weighted by atomic mass is 19.4. The average Bonchev–Trinajstić information content (AvgIpc) is 2.77. The molecule has 0 atom stereocenters. The molecule has 1 heterocycles. The van der Waals surface area contributed by atoms with Gasteiger partial charge in [-0.2, -0.15) is 13.2 Å². The molecule has 0 unspecified atom stereocenters. The van der Waals surface area contributed by atoms with Crippen molar-refractivity contribution in [3.63, 3.8) is 0 Å². The summed E-state index contributed by atoms with van der Waals surface area (Å²) in [6, 6.07) is 8.21. The number of nitrogens with one attached hydrogen (secondary N) is 2. The third-order valence-electron chi connectivity index (χ3n) is 5.94. The third-order valence-corrected chi connectivity index (χ3v) is 5.94. The van der Waals surface area contributed by atoms with E-state index in [2.05, 4.69) is 27.8 Å². The van der Waals surface area contributed by atoms with Gasteiger partial charge in [0, 0.05) is 25.8 Å². The zero-order chi connectivity index (χ0) is 22.1. The molecular formula is C23H34F3N3O2. The Labute approximate surface area is 182 Å². The van der Waals surface area contributed by atoms with Crippen molar-refractivity contribution in [1.29, 1.82) is 0 Å². The normalized spacial score (nSPS) is 23.5. The smallest absolute Gasteiger partial charge is 0.381 e. The van der Waals surface area contributed by atoms with E-state index in [0.717, 1.165) is 37.2 Å². The molecule has 1 aliphatic heterocycles. The number of halogens is 3. The average molecular weight is 442 g/mol. The maximum Gasteiger partial charge on any atom is 0.391 e. The van der Waals surface area contributed by atoms with E-state index >= 15 is 0 Å². The van der Waals surface area contributed by atoms with Gasteiger partial charge in [0.2, 0.25) is 0 Å². The van der Waals surface area contributed by atoms with E-state index in [9.17, 15) is 13.2 Å². The lowest BCUT2D eigenvalue weighted by molar-refractivity contribution is -0.182. The monoisotopic (exact) mass is 441 g/mol. The molecule has 2 N–H and O–H groups in total. The molecule has 0 spiro atoms. The second-order valence-corrected chi connectivity index (χ2v) is 8.37. The topological polar surface area (TPSA) is 54.9 Å². The number of hydrogen-bond acceptors (Lipinski definition) is 3. The Kier molecular flexibility index (Phi) is 9.02. The first kappa shape index (κ1) is 23.9. The highest BCUT2D eigenvalue weighted by Crippen LogP contribution is 2.37. The zero-order valence-electron chi connectivity index (χ0n) is 18.2. The summed E-state index contributed by atoms with van der Waals surface area (Å²) >= 11 is 0. The fourth-order valence-electron chi connectivity index (χ4n) is 4.12. The molecule has 0 amide bonds. The number of alkyl halides is 3. The Bertz CT molecular complexity index is 698. The Morgan fingerprint density at radius 2 is 1.81 bits per heavy atom. The Morgan fingerprint density at radius 1 is 1.10 bits per heavy atom. The van der Waals surface area contributed by atoms with E-state index < -0.39 is 12.1 Å². The predicted octanol–water partition coefficient (Wildman–Crippen LogP) is 4.56. The highest BCUT2D eigenvalue weighted by molar-refractivity contribution is 5.80. The first-order valence-corrected chi connectivity index (χ1v) is 11.3. The first-order chi connectivity index (χ1) is 14.9. The highest BCUT2D eigenvalue weighted by Gasteiger charge is 2.41. The first-order valence-electron chi connectivity index (χ1n) is 11.3. The largest absolute Gasteiger partial charge is 0.391 e. The summed E-state index contributed by atoms with van der Waals surface area (Å²) in [6.45, 7) is 5.27. The summed E-state index contributed by atoms with van der Waals surface area (Å²) < 4.78 is 50.0. The molecule has 0 bridgehead atoms. The second-order valence-electron chi connectivity index (χ2n) is 8.37. The lowest BCUT2D eigenvalue weighted by Crippen LogP contribution is -2.45. The molecule has 1 aromatic carbocycles. The maximum absolute atomic E-state index is 12.9. The number of rotatable bonds is 7. The molecular weight excluding hydrogens is 407 g/mol. The van der Waals surface area contributed by atoms with Crippen LogP contribution in [-0.4, -0.2) is 44.0 Å². The van der Waals surface area contributed by atoms with Gasteiger partial charge in [0.15, 0.2) is 5.96 Å². The van der Waals surface area contributed by atoms with Crippen LogP contribution in [0.25, 0.3) is 0 Å². The van der Waals surface area contributed by atoms with Crippen LogP contribution in [0.3, 0.4) is 0 Å². The van der Waals surface area contributed by atoms with Crippen LogP contribution in [-0.2, 0) is 22.6 Å². The van der Waals surface area contributed by atoms with Gasteiger partial charge in [-0.25, -0.2) is 4.99 Å². The molecule has 8 heteroatoms. The SMILES string of the molecule is CCNC(=NCc1cccc(COC2CCOCC2)c1)NC1CCC(C(F)(F)F)CC1. The molecule has 1 aromatic rings. The van der Waals surface area contributed by atoms with Gasteiger partial charge in [0.1, 0.15) is 0 Å². The minimum Gasteiger partial charge on any atom is -0.381 e. The Morgan fingerprint density at radius 3 is 2.48 bits per heavy atom. The number of nitrogens with zero attached hydrogens (tertiary/aromatic N) is 1. The third kappa shape index (κ3) is 8.00. The van der Waals surface area contributed by atoms with E-state index in [0.29, 0.717) is 38.5 Å². The minimum atomic E-state index is -4.08. The van der Waals surface area contributed by atoms with Crippen LogP contribution in [0.15, 0.2) is 29.3 Å². The van der Waals surface area contributed by atoms with Gasteiger partial charge in [0.25, 0.3) is 0 Å². The van der Waals surface area contributed by atoms with E-state index in [-0.39, 0.29) is 25.0 Å². The van der Waals surface area contributed by atoms with Crippen LogP contribution in [0.2, 0.25) is 0 Å². The van der Waals surface area contributed by atoms with Gasteiger partial charge in [-0.1, -0.05) is 24.3 Å². The van der Waals surface area contributed by atoms with Crippen LogP contribution >= 0.6 is 0 Å². The number of ether oxygens (including phenoxy) is 2. The minimum absolute atomic E-state index is 0.0237. The Balaban J connectivity index is 1.50. The van der Waals surface area contributed by atoms with Crippen LogP contribution in [0.5, 0.6) is 0 Å². The van der Waals surface area contributed by atoms with Crippen molar-refractivity contribution >= 4 is 5.96 Å². The molecule has 0 radical (unpaired) electrons. The second kappa shape index (κ2) is 11.7. The van der Waals surface area contributed by atoms with Gasteiger partial charge in [-0.15, -0.1) is 0 Å². The van der Waals surface area contributed by atoms with Crippen LogP contribution < -0.4 is 10.6 Å². The molecule has 1 saturated carbocycles. The summed E-state index contributed by atoms with van der Waals surface area (Å²) in [5, 5.41) is 6.52. The molecule has 31 heavy (non-hydrogen) atoms. The molecule has 5 nitrogen and oxygen atoms in total. The Hall–Kier alpha value is -1.80. The van der Waals surface area contributed by atoms with Crippen molar-refractivity contribution in [1.82, 2.24) is 10.6 Å². The fourth-order valence-corrected chi connectivity index (χ4v) is 4.12. The van der Waals surface area contributed by atoms with Gasteiger partial charge in [-0.05, 0) is 56.6 Å². The van der Waals surface area contributed by atoms with Gasteiger partial charge < -0.3 is 20.1 Å².